The van der Waals surface area contributed by atoms with Crippen molar-refractivity contribution in [1.82, 2.24) is 4.90 Å². The molecule has 0 aliphatic carbocycles. The summed E-state index contributed by atoms with van der Waals surface area (Å²) in [7, 11) is 2.26. The first-order chi connectivity index (χ1) is 12.6. The molecular formula is C23H28N2O. The van der Waals surface area contributed by atoms with E-state index >= 15 is 0 Å². The molecule has 0 spiro atoms. The van der Waals surface area contributed by atoms with Gasteiger partial charge < -0.3 is 10.6 Å². The number of hydrogen-bond acceptors (Lipinski definition) is 2. The van der Waals surface area contributed by atoms with Gasteiger partial charge in [-0.05, 0) is 56.2 Å². The Balaban J connectivity index is 1.75. The second kappa shape index (κ2) is 6.88. The van der Waals surface area contributed by atoms with Crippen LogP contribution in [0.1, 0.15) is 43.2 Å². The number of fused-ring (bicyclic) bond motifs is 2. The molecule has 3 nitrogen and oxygen atoms in total. The summed E-state index contributed by atoms with van der Waals surface area (Å²) in [5.74, 6) is 0.290. The number of piperidine rings is 1. The van der Waals surface area contributed by atoms with E-state index < -0.39 is 5.41 Å². The van der Waals surface area contributed by atoms with Crippen molar-refractivity contribution in [3.63, 3.8) is 0 Å². The molecule has 4 rings (SSSR count). The Morgan fingerprint density at radius 1 is 0.962 bits per heavy atom. The number of primary amides is 1. The Hall–Kier alpha value is -2.13. The number of rotatable bonds is 5. The van der Waals surface area contributed by atoms with E-state index in [0.717, 1.165) is 17.5 Å². The fourth-order valence-electron chi connectivity index (χ4n) is 5.36. The van der Waals surface area contributed by atoms with Crippen molar-refractivity contribution in [2.45, 2.75) is 49.6 Å². The fraction of sp³-hybridized carbons (Fsp3) is 0.435. The molecule has 1 amide bonds. The molecule has 26 heavy (non-hydrogen) atoms. The van der Waals surface area contributed by atoms with Crippen molar-refractivity contribution in [2.75, 3.05) is 7.05 Å². The summed E-state index contributed by atoms with van der Waals surface area (Å²) in [5.41, 5.74) is 7.41. The van der Waals surface area contributed by atoms with Gasteiger partial charge in [-0.3, -0.25) is 4.79 Å². The number of benzene rings is 2. The SMILES string of the molecule is CN1[C@H]2CC[C@H]1CC(CC(C(N)=O)(c1ccccc1)c1ccccc1)C2. The first-order valence-corrected chi connectivity index (χ1v) is 9.74. The van der Waals surface area contributed by atoms with E-state index in [1.807, 2.05) is 36.4 Å². The van der Waals surface area contributed by atoms with Crippen molar-refractivity contribution in [2.24, 2.45) is 11.7 Å². The minimum atomic E-state index is -0.747. The molecule has 3 heteroatoms. The number of carbonyl (C=O) groups excluding carboxylic acids is 1. The Kier molecular flexibility index (Phi) is 4.58. The third-order valence-corrected chi connectivity index (χ3v) is 6.74. The predicted octanol–water partition coefficient (Wildman–Crippen LogP) is 3.72. The third-order valence-electron chi connectivity index (χ3n) is 6.74. The molecule has 2 heterocycles. The topological polar surface area (TPSA) is 46.3 Å². The molecule has 2 aliphatic rings. The van der Waals surface area contributed by atoms with Crippen molar-refractivity contribution < 1.29 is 4.79 Å². The van der Waals surface area contributed by atoms with Gasteiger partial charge in [0.2, 0.25) is 5.91 Å². The Morgan fingerprint density at radius 3 is 1.85 bits per heavy atom. The Bertz CT molecular complexity index is 705. The molecule has 2 aromatic rings. The maximum atomic E-state index is 13.0. The molecule has 2 fully saturated rings. The van der Waals surface area contributed by atoms with Crippen LogP contribution >= 0.6 is 0 Å². The second-order valence-electron chi connectivity index (χ2n) is 8.09. The van der Waals surface area contributed by atoms with Gasteiger partial charge in [-0.1, -0.05) is 60.7 Å². The molecule has 2 bridgehead atoms. The zero-order valence-electron chi connectivity index (χ0n) is 15.5. The summed E-state index contributed by atoms with van der Waals surface area (Å²) >= 11 is 0. The van der Waals surface area contributed by atoms with Crippen LogP contribution in [0.15, 0.2) is 60.7 Å². The molecule has 2 N–H and O–H groups in total. The summed E-state index contributed by atoms with van der Waals surface area (Å²) in [5, 5.41) is 0. The summed E-state index contributed by atoms with van der Waals surface area (Å²) in [6, 6.07) is 21.6. The third kappa shape index (κ3) is 2.84. The minimum absolute atomic E-state index is 0.235. The normalized spacial score (nSPS) is 26.0. The molecule has 2 aliphatic heterocycles. The van der Waals surface area contributed by atoms with E-state index in [4.69, 9.17) is 5.73 Å². The lowest BCUT2D eigenvalue weighted by Gasteiger charge is -2.41. The van der Waals surface area contributed by atoms with Crippen LogP contribution in [0.4, 0.5) is 0 Å². The number of carbonyl (C=O) groups is 1. The van der Waals surface area contributed by atoms with Gasteiger partial charge in [0, 0.05) is 12.1 Å². The number of hydrogen-bond donors (Lipinski definition) is 1. The van der Waals surface area contributed by atoms with E-state index in [-0.39, 0.29) is 5.91 Å². The molecule has 2 saturated heterocycles. The van der Waals surface area contributed by atoms with E-state index in [1.165, 1.54) is 25.7 Å². The number of nitrogens with two attached hydrogens (primary N) is 1. The molecule has 0 saturated carbocycles. The highest BCUT2D eigenvalue weighted by molar-refractivity contribution is 5.90. The van der Waals surface area contributed by atoms with Crippen molar-refractivity contribution in [3.05, 3.63) is 71.8 Å². The zero-order valence-corrected chi connectivity index (χ0v) is 15.5. The average molecular weight is 348 g/mol. The van der Waals surface area contributed by atoms with Crippen LogP contribution in [0, 0.1) is 5.92 Å². The molecule has 0 radical (unpaired) electrons. The standard InChI is InChI=1S/C23H28N2O/c1-25-20-12-13-21(25)15-17(14-20)16-23(22(24)26,18-8-4-2-5-9-18)19-10-6-3-7-11-19/h2-11,17,20-21H,12-16H2,1H3,(H2,24,26)/t20-,21-/m0/s1. The van der Waals surface area contributed by atoms with Crippen LogP contribution in [-0.4, -0.2) is 29.9 Å². The zero-order chi connectivity index (χ0) is 18.1. The smallest absolute Gasteiger partial charge is 0.232 e. The van der Waals surface area contributed by atoms with Crippen LogP contribution < -0.4 is 5.73 Å². The fourth-order valence-corrected chi connectivity index (χ4v) is 5.36. The molecule has 0 aromatic heterocycles. The maximum absolute atomic E-state index is 13.0. The average Bonchev–Trinajstić information content (AvgIpc) is 2.88. The van der Waals surface area contributed by atoms with Crippen LogP contribution in [-0.2, 0) is 10.2 Å². The molecule has 0 unspecified atom stereocenters. The quantitative estimate of drug-likeness (QED) is 0.895. The van der Waals surface area contributed by atoms with Gasteiger partial charge in [-0.15, -0.1) is 0 Å². The van der Waals surface area contributed by atoms with Crippen LogP contribution in [0.25, 0.3) is 0 Å². The number of amides is 1. The van der Waals surface area contributed by atoms with E-state index in [2.05, 4.69) is 36.2 Å². The Morgan fingerprint density at radius 2 is 1.42 bits per heavy atom. The first kappa shape index (κ1) is 17.3. The van der Waals surface area contributed by atoms with Crippen molar-refractivity contribution in [1.29, 1.82) is 0 Å². The first-order valence-electron chi connectivity index (χ1n) is 9.74. The lowest BCUT2D eigenvalue weighted by Crippen LogP contribution is -2.47. The summed E-state index contributed by atoms with van der Waals surface area (Å²) in [6.45, 7) is 0. The van der Waals surface area contributed by atoms with Gasteiger partial charge in [0.1, 0.15) is 0 Å². The van der Waals surface area contributed by atoms with Crippen LogP contribution in [0.2, 0.25) is 0 Å². The lowest BCUT2D eigenvalue weighted by molar-refractivity contribution is -0.123. The minimum Gasteiger partial charge on any atom is -0.369 e. The summed E-state index contributed by atoms with van der Waals surface area (Å²) in [4.78, 5) is 15.5. The number of nitrogens with zero attached hydrogens (tertiary/aromatic N) is 1. The van der Waals surface area contributed by atoms with E-state index in [9.17, 15) is 4.79 Å². The summed E-state index contributed by atoms with van der Waals surface area (Å²) < 4.78 is 0. The monoisotopic (exact) mass is 348 g/mol. The Labute approximate surface area is 156 Å². The molecule has 2 aromatic carbocycles. The van der Waals surface area contributed by atoms with E-state index in [1.54, 1.807) is 0 Å². The highest BCUT2D eigenvalue weighted by atomic mass is 16.1. The van der Waals surface area contributed by atoms with Gasteiger partial charge in [0.05, 0.1) is 5.41 Å². The lowest BCUT2D eigenvalue weighted by atomic mass is 9.66. The van der Waals surface area contributed by atoms with Crippen molar-refractivity contribution in [3.8, 4) is 0 Å². The van der Waals surface area contributed by atoms with Gasteiger partial charge in [-0.2, -0.15) is 0 Å². The molecular weight excluding hydrogens is 320 g/mol. The van der Waals surface area contributed by atoms with Crippen molar-refractivity contribution >= 4 is 5.91 Å². The molecule has 136 valence electrons. The largest absolute Gasteiger partial charge is 0.369 e. The van der Waals surface area contributed by atoms with Gasteiger partial charge in [0.25, 0.3) is 0 Å². The van der Waals surface area contributed by atoms with E-state index in [0.29, 0.717) is 18.0 Å². The molecule has 2 atom stereocenters. The second-order valence-corrected chi connectivity index (χ2v) is 8.09. The van der Waals surface area contributed by atoms with Crippen LogP contribution in [0.5, 0.6) is 0 Å². The highest BCUT2D eigenvalue weighted by Gasteiger charge is 2.46. The predicted molar refractivity (Wildman–Crippen MR) is 105 cm³/mol. The summed E-state index contributed by atoms with van der Waals surface area (Å²) in [6.07, 6.45) is 5.72. The van der Waals surface area contributed by atoms with Gasteiger partial charge >= 0.3 is 0 Å². The van der Waals surface area contributed by atoms with Crippen LogP contribution in [0.3, 0.4) is 0 Å². The van der Waals surface area contributed by atoms with Gasteiger partial charge in [-0.25, -0.2) is 0 Å². The maximum Gasteiger partial charge on any atom is 0.232 e. The highest BCUT2D eigenvalue weighted by Crippen LogP contribution is 2.45. The van der Waals surface area contributed by atoms with Gasteiger partial charge in [0.15, 0.2) is 0 Å².